The van der Waals surface area contributed by atoms with Gasteiger partial charge in [-0.2, -0.15) is 0 Å². The fourth-order valence-electron chi connectivity index (χ4n) is 6.48. The number of unbranched alkanes of at least 4 members (excludes halogenated alkanes) is 21. The van der Waals surface area contributed by atoms with Gasteiger partial charge in [0.1, 0.15) is 13.2 Å². The molecule has 57 heavy (non-hydrogen) atoms. The van der Waals surface area contributed by atoms with Gasteiger partial charge in [-0.1, -0.05) is 210 Å². The van der Waals surface area contributed by atoms with Crippen LogP contribution in [-0.2, 0) is 28.6 Å². The maximum absolute atomic E-state index is 12.7. The topological polar surface area (TPSA) is 78.9 Å². The van der Waals surface area contributed by atoms with E-state index in [0.29, 0.717) is 19.3 Å². The van der Waals surface area contributed by atoms with Crippen molar-refractivity contribution in [3.8, 4) is 0 Å². The molecular formula is C51H88O6. The molecule has 0 aromatic carbocycles. The van der Waals surface area contributed by atoms with Crippen LogP contribution in [0.1, 0.15) is 226 Å². The lowest BCUT2D eigenvalue weighted by Crippen LogP contribution is -2.30. The fourth-order valence-corrected chi connectivity index (χ4v) is 6.48. The summed E-state index contributed by atoms with van der Waals surface area (Å²) in [5.74, 6) is -0.953. The summed E-state index contributed by atoms with van der Waals surface area (Å²) >= 11 is 0. The predicted molar refractivity (Wildman–Crippen MR) is 242 cm³/mol. The van der Waals surface area contributed by atoms with Crippen LogP contribution in [0.25, 0.3) is 0 Å². The normalized spacial score (nSPS) is 12.1. The molecule has 0 rings (SSSR count). The largest absolute Gasteiger partial charge is 0.462 e. The average Bonchev–Trinajstić information content (AvgIpc) is 3.21. The van der Waals surface area contributed by atoms with E-state index in [1.54, 1.807) is 0 Å². The SMILES string of the molecule is CC/C=C\C/C=C\C/C=C\C/C=C\C/C=C\CCCC(=O)OC(COC(=O)CCCCCCCCCCCCC)COC(=O)CCCCCCCCCCCCC. The van der Waals surface area contributed by atoms with Crippen LogP contribution in [0, 0.1) is 0 Å². The van der Waals surface area contributed by atoms with E-state index < -0.39 is 6.10 Å². The van der Waals surface area contributed by atoms with Crippen LogP contribution in [0.3, 0.4) is 0 Å². The van der Waals surface area contributed by atoms with Crippen LogP contribution in [0.2, 0.25) is 0 Å². The molecule has 0 aromatic heterocycles. The number of carbonyl (C=O) groups excluding carboxylic acids is 3. The third kappa shape index (κ3) is 44.1. The van der Waals surface area contributed by atoms with Crippen molar-refractivity contribution in [3.63, 3.8) is 0 Å². The zero-order valence-corrected chi connectivity index (χ0v) is 37.3. The van der Waals surface area contributed by atoms with Crippen LogP contribution < -0.4 is 0 Å². The van der Waals surface area contributed by atoms with Crippen molar-refractivity contribution in [3.05, 3.63) is 60.8 Å². The second-order valence-corrected chi connectivity index (χ2v) is 15.6. The lowest BCUT2D eigenvalue weighted by Gasteiger charge is -2.18. The highest BCUT2D eigenvalue weighted by molar-refractivity contribution is 5.71. The minimum Gasteiger partial charge on any atom is -0.462 e. The number of ether oxygens (including phenoxy) is 3. The van der Waals surface area contributed by atoms with Gasteiger partial charge >= 0.3 is 17.9 Å². The van der Waals surface area contributed by atoms with Gasteiger partial charge in [0.05, 0.1) is 0 Å². The lowest BCUT2D eigenvalue weighted by atomic mass is 10.1. The van der Waals surface area contributed by atoms with Crippen LogP contribution in [0.15, 0.2) is 60.8 Å². The Morgan fingerprint density at radius 3 is 1.05 bits per heavy atom. The number of hydrogen-bond acceptors (Lipinski definition) is 6. The third-order valence-electron chi connectivity index (χ3n) is 10.0. The standard InChI is InChI=1S/C51H88O6/c1-4-7-10-13-16-19-22-23-24-25-26-27-30-33-36-39-42-45-51(54)57-48(46-55-49(52)43-40-37-34-31-28-20-17-14-11-8-5-2)47-56-50(53)44-41-38-35-32-29-21-18-15-12-9-6-3/h7,10,16,19,23-24,26-27,33,36,48H,4-6,8-9,11-15,17-18,20-22,25,28-32,34-35,37-47H2,1-3H3/b10-7-,19-16-,24-23-,27-26-,36-33-. The highest BCUT2D eigenvalue weighted by atomic mass is 16.6. The minimum absolute atomic E-state index is 0.0941. The summed E-state index contributed by atoms with van der Waals surface area (Å²) in [5, 5.41) is 0. The molecule has 0 bridgehead atoms. The van der Waals surface area contributed by atoms with Crippen LogP contribution in [0.4, 0.5) is 0 Å². The van der Waals surface area contributed by atoms with Crippen LogP contribution >= 0.6 is 0 Å². The van der Waals surface area contributed by atoms with Crippen LogP contribution in [-0.4, -0.2) is 37.2 Å². The summed E-state index contributed by atoms with van der Waals surface area (Å²) in [6, 6.07) is 0. The highest BCUT2D eigenvalue weighted by Gasteiger charge is 2.19. The van der Waals surface area contributed by atoms with Crippen molar-refractivity contribution in [1.29, 1.82) is 0 Å². The molecule has 0 heterocycles. The zero-order chi connectivity index (χ0) is 41.5. The Bertz CT molecular complexity index is 1010. The smallest absolute Gasteiger partial charge is 0.306 e. The Kier molecular flexibility index (Phi) is 43.5. The first-order chi connectivity index (χ1) is 28.0. The van der Waals surface area contributed by atoms with Gasteiger partial charge in [-0.3, -0.25) is 14.4 Å². The summed E-state index contributed by atoms with van der Waals surface area (Å²) in [5.41, 5.74) is 0. The predicted octanol–water partition coefficient (Wildman–Crippen LogP) is 15.3. The van der Waals surface area contributed by atoms with E-state index in [1.165, 1.54) is 103 Å². The van der Waals surface area contributed by atoms with Crippen molar-refractivity contribution in [2.45, 2.75) is 232 Å². The molecular weight excluding hydrogens is 709 g/mol. The Morgan fingerprint density at radius 2 is 0.684 bits per heavy atom. The van der Waals surface area contributed by atoms with Gasteiger partial charge in [0, 0.05) is 19.3 Å². The molecule has 0 aliphatic carbocycles. The molecule has 328 valence electrons. The number of carbonyl (C=O) groups is 3. The van der Waals surface area contributed by atoms with E-state index in [9.17, 15) is 14.4 Å². The number of allylic oxidation sites excluding steroid dienone is 10. The van der Waals surface area contributed by atoms with E-state index in [4.69, 9.17) is 14.2 Å². The molecule has 0 amide bonds. The molecule has 0 aliphatic heterocycles. The summed E-state index contributed by atoms with van der Waals surface area (Å²) < 4.78 is 16.7. The third-order valence-corrected chi connectivity index (χ3v) is 10.0. The fraction of sp³-hybridized carbons (Fsp3) is 0.745. The molecule has 0 aromatic rings. The van der Waals surface area contributed by atoms with E-state index >= 15 is 0 Å². The summed E-state index contributed by atoms with van der Waals surface area (Å²) in [6.45, 7) is 6.46. The van der Waals surface area contributed by atoms with Crippen LogP contribution in [0.5, 0.6) is 0 Å². The van der Waals surface area contributed by atoms with E-state index in [1.807, 2.05) is 0 Å². The van der Waals surface area contributed by atoms with Crippen molar-refractivity contribution in [2.24, 2.45) is 0 Å². The highest BCUT2D eigenvalue weighted by Crippen LogP contribution is 2.14. The Labute approximate surface area is 351 Å². The minimum atomic E-state index is -0.797. The first-order valence-corrected chi connectivity index (χ1v) is 23.8. The number of esters is 3. The van der Waals surface area contributed by atoms with E-state index in [-0.39, 0.29) is 37.5 Å². The zero-order valence-electron chi connectivity index (χ0n) is 37.3. The molecule has 0 atom stereocenters. The molecule has 0 aliphatic rings. The van der Waals surface area contributed by atoms with Crippen molar-refractivity contribution < 1.29 is 28.6 Å². The molecule has 0 spiro atoms. The maximum Gasteiger partial charge on any atom is 0.306 e. The van der Waals surface area contributed by atoms with Gasteiger partial charge < -0.3 is 14.2 Å². The van der Waals surface area contributed by atoms with Gasteiger partial charge in [0.15, 0.2) is 6.10 Å². The Balaban J connectivity index is 4.47. The Hall–Kier alpha value is -2.89. The summed E-state index contributed by atoms with van der Waals surface area (Å²) in [7, 11) is 0. The van der Waals surface area contributed by atoms with Gasteiger partial charge in [-0.25, -0.2) is 0 Å². The summed E-state index contributed by atoms with van der Waals surface area (Å²) in [6.07, 6.45) is 54.9. The average molecular weight is 797 g/mol. The molecule has 0 saturated carbocycles. The van der Waals surface area contributed by atoms with Crippen molar-refractivity contribution in [1.82, 2.24) is 0 Å². The van der Waals surface area contributed by atoms with Gasteiger partial charge in [-0.05, 0) is 57.8 Å². The molecule has 0 radical (unpaired) electrons. The van der Waals surface area contributed by atoms with E-state index in [2.05, 4.69) is 81.5 Å². The molecule has 6 nitrogen and oxygen atoms in total. The monoisotopic (exact) mass is 797 g/mol. The lowest BCUT2D eigenvalue weighted by molar-refractivity contribution is -0.167. The first-order valence-electron chi connectivity index (χ1n) is 23.8. The van der Waals surface area contributed by atoms with Gasteiger partial charge in [0.25, 0.3) is 0 Å². The molecule has 0 N–H and O–H groups in total. The van der Waals surface area contributed by atoms with Crippen molar-refractivity contribution >= 4 is 17.9 Å². The molecule has 0 unspecified atom stereocenters. The second kappa shape index (κ2) is 45.8. The molecule has 0 saturated heterocycles. The number of hydrogen-bond donors (Lipinski definition) is 0. The maximum atomic E-state index is 12.7. The summed E-state index contributed by atoms with van der Waals surface area (Å²) in [4.78, 5) is 37.8. The quantitative estimate of drug-likeness (QED) is 0.0265. The molecule has 0 fully saturated rings. The second-order valence-electron chi connectivity index (χ2n) is 15.6. The van der Waals surface area contributed by atoms with Crippen molar-refractivity contribution in [2.75, 3.05) is 13.2 Å². The molecule has 6 heteroatoms. The van der Waals surface area contributed by atoms with E-state index in [0.717, 1.165) is 77.0 Å². The van der Waals surface area contributed by atoms with Gasteiger partial charge in [-0.15, -0.1) is 0 Å². The van der Waals surface area contributed by atoms with Gasteiger partial charge in [0.2, 0.25) is 0 Å². The Morgan fingerprint density at radius 1 is 0.368 bits per heavy atom. The first kappa shape index (κ1) is 54.1. The number of rotatable bonds is 42.